The van der Waals surface area contributed by atoms with Crippen molar-refractivity contribution in [3.8, 4) is 0 Å². The van der Waals surface area contributed by atoms with E-state index >= 15 is 0 Å². The van der Waals surface area contributed by atoms with Gasteiger partial charge in [-0.1, -0.05) is 0 Å². The lowest BCUT2D eigenvalue weighted by Gasteiger charge is -2.13. The van der Waals surface area contributed by atoms with E-state index in [4.69, 9.17) is 15.6 Å². The summed E-state index contributed by atoms with van der Waals surface area (Å²) in [6.07, 6.45) is -0.525. The number of carbonyl (C=O) groups excluding carboxylic acids is 1. The number of ether oxygens (including phenoxy) is 1. The number of aliphatic hydroxyl groups is 1. The average molecular weight is 188 g/mol. The predicted octanol–water partition coefficient (Wildman–Crippen LogP) is -1.54. The fourth-order valence-electron chi connectivity index (χ4n) is 1.22. The van der Waals surface area contributed by atoms with Crippen LogP contribution in [0.15, 0.2) is 0 Å². The second kappa shape index (κ2) is 4.55. The lowest BCUT2D eigenvalue weighted by atomic mass is 10.0. The molecule has 0 spiro atoms. The van der Waals surface area contributed by atoms with E-state index in [-0.39, 0.29) is 24.4 Å². The third-order valence-corrected chi connectivity index (χ3v) is 2.03. The molecule has 0 aliphatic carbocycles. The van der Waals surface area contributed by atoms with Crippen LogP contribution in [-0.2, 0) is 9.53 Å². The molecule has 1 aliphatic rings. The highest BCUT2D eigenvalue weighted by molar-refractivity contribution is 5.79. The van der Waals surface area contributed by atoms with Crippen LogP contribution < -0.4 is 11.1 Å². The molecule has 0 bridgehead atoms. The van der Waals surface area contributed by atoms with E-state index < -0.39 is 6.10 Å². The molecule has 0 aromatic carbocycles. The van der Waals surface area contributed by atoms with Crippen molar-refractivity contribution in [2.45, 2.75) is 19.1 Å². The van der Waals surface area contributed by atoms with Crippen LogP contribution in [0.4, 0.5) is 0 Å². The Balaban J connectivity index is 2.30. The number of amides is 1. The summed E-state index contributed by atoms with van der Waals surface area (Å²) in [5.74, 6) is -0.398. The van der Waals surface area contributed by atoms with Crippen molar-refractivity contribution >= 4 is 5.91 Å². The zero-order valence-electron chi connectivity index (χ0n) is 7.69. The molecule has 4 N–H and O–H groups in total. The van der Waals surface area contributed by atoms with Crippen LogP contribution in [-0.4, -0.2) is 42.9 Å². The van der Waals surface area contributed by atoms with Crippen molar-refractivity contribution in [1.29, 1.82) is 0 Å². The molecule has 0 saturated carbocycles. The average Bonchev–Trinajstić information content (AvgIpc) is 2.47. The summed E-state index contributed by atoms with van der Waals surface area (Å²) in [4.78, 5) is 11.4. The summed E-state index contributed by atoms with van der Waals surface area (Å²) in [6, 6.07) is -0.214. The van der Waals surface area contributed by atoms with Crippen LogP contribution in [0, 0.1) is 5.92 Å². The zero-order valence-corrected chi connectivity index (χ0v) is 7.69. The van der Waals surface area contributed by atoms with Crippen molar-refractivity contribution in [3.05, 3.63) is 0 Å². The van der Waals surface area contributed by atoms with Gasteiger partial charge in [0.25, 0.3) is 0 Å². The number of rotatable bonds is 3. The molecular formula is C8H16N2O3. The molecule has 1 fully saturated rings. The first kappa shape index (κ1) is 10.4. The molecular weight excluding hydrogens is 172 g/mol. The van der Waals surface area contributed by atoms with Crippen LogP contribution in [0.3, 0.4) is 0 Å². The Morgan fingerprint density at radius 1 is 1.77 bits per heavy atom. The van der Waals surface area contributed by atoms with Gasteiger partial charge in [0, 0.05) is 12.6 Å². The largest absolute Gasteiger partial charge is 0.392 e. The van der Waals surface area contributed by atoms with Gasteiger partial charge in [-0.3, -0.25) is 4.79 Å². The van der Waals surface area contributed by atoms with E-state index in [0.717, 1.165) is 0 Å². The third kappa shape index (κ3) is 2.95. The molecule has 5 heteroatoms. The maximum Gasteiger partial charge on any atom is 0.227 e. The number of carbonyl (C=O) groups is 1. The molecule has 0 radical (unpaired) electrons. The van der Waals surface area contributed by atoms with E-state index in [1.54, 1.807) is 6.92 Å². The van der Waals surface area contributed by atoms with Gasteiger partial charge in [0.05, 0.1) is 25.2 Å². The Morgan fingerprint density at radius 3 is 2.92 bits per heavy atom. The summed E-state index contributed by atoms with van der Waals surface area (Å²) < 4.78 is 5.05. The Labute approximate surface area is 77.2 Å². The van der Waals surface area contributed by atoms with Gasteiger partial charge in [-0.25, -0.2) is 0 Å². The fraction of sp³-hybridized carbons (Fsp3) is 0.875. The summed E-state index contributed by atoms with van der Waals surface area (Å²) in [5.41, 5.74) is 5.64. The molecule has 2 unspecified atom stereocenters. The van der Waals surface area contributed by atoms with Gasteiger partial charge < -0.3 is 20.9 Å². The van der Waals surface area contributed by atoms with Gasteiger partial charge in [-0.05, 0) is 6.92 Å². The highest BCUT2D eigenvalue weighted by Gasteiger charge is 2.31. The Hall–Kier alpha value is -0.650. The molecule has 3 atom stereocenters. The summed E-state index contributed by atoms with van der Waals surface area (Å²) >= 11 is 0. The topological polar surface area (TPSA) is 84.6 Å². The monoisotopic (exact) mass is 188 g/mol. The molecule has 1 aliphatic heterocycles. The minimum atomic E-state index is -0.525. The Morgan fingerprint density at radius 2 is 2.46 bits per heavy atom. The van der Waals surface area contributed by atoms with Gasteiger partial charge in [0.1, 0.15) is 0 Å². The first-order valence-electron chi connectivity index (χ1n) is 4.40. The van der Waals surface area contributed by atoms with Crippen LogP contribution in [0.5, 0.6) is 0 Å². The van der Waals surface area contributed by atoms with Crippen LogP contribution >= 0.6 is 0 Å². The standard InChI is InChI=1S/C8H16N2O3/c1-5(11)2-10-8(12)6-3-13-4-7(6)9/h5-7,11H,2-4,9H2,1H3,(H,10,12)/t5-,6?,7?/m0/s1. The van der Waals surface area contributed by atoms with Gasteiger partial charge in [-0.2, -0.15) is 0 Å². The van der Waals surface area contributed by atoms with Gasteiger partial charge in [0.2, 0.25) is 5.91 Å². The molecule has 0 aromatic heterocycles. The number of hydrogen-bond acceptors (Lipinski definition) is 4. The molecule has 5 nitrogen and oxygen atoms in total. The minimum Gasteiger partial charge on any atom is -0.392 e. The fourth-order valence-corrected chi connectivity index (χ4v) is 1.22. The minimum absolute atomic E-state index is 0.133. The van der Waals surface area contributed by atoms with E-state index in [1.165, 1.54) is 0 Å². The third-order valence-electron chi connectivity index (χ3n) is 2.03. The summed E-state index contributed by atoms with van der Waals surface area (Å²) in [7, 11) is 0. The second-order valence-electron chi connectivity index (χ2n) is 3.40. The number of hydrogen-bond donors (Lipinski definition) is 3. The molecule has 1 saturated heterocycles. The predicted molar refractivity (Wildman–Crippen MR) is 47.0 cm³/mol. The van der Waals surface area contributed by atoms with Crippen molar-refractivity contribution in [1.82, 2.24) is 5.32 Å². The Bertz CT molecular complexity index is 184. The van der Waals surface area contributed by atoms with Crippen molar-refractivity contribution in [2.75, 3.05) is 19.8 Å². The number of aliphatic hydroxyl groups excluding tert-OH is 1. The molecule has 1 rings (SSSR count). The zero-order chi connectivity index (χ0) is 9.84. The van der Waals surface area contributed by atoms with Gasteiger partial charge in [-0.15, -0.1) is 0 Å². The number of nitrogens with one attached hydrogen (secondary N) is 1. The maximum absolute atomic E-state index is 11.4. The van der Waals surface area contributed by atoms with Crippen molar-refractivity contribution in [3.63, 3.8) is 0 Å². The van der Waals surface area contributed by atoms with Gasteiger partial charge in [0.15, 0.2) is 0 Å². The summed E-state index contributed by atoms with van der Waals surface area (Å²) in [5, 5.41) is 11.5. The maximum atomic E-state index is 11.4. The van der Waals surface area contributed by atoms with Crippen LogP contribution in [0.25, 0.3) is 0 Å². The summed E-state index contributed by atoms with van der Waals surface area (Å²) in [6.45, 7) is 2.70. The van der Waals surface area contributed by atoms with Gasteiger partial charge >= 0.3 is 0 Å². The van der Waals surface area contributed by atoms with E-state index in [2.05, 4.69) is 5.32 Å². The van der Waals surface area contributed by atoms with Crippen LogP contribution in [0.2, 0.25) is 0 Å². The second-order valence-corrected chi connectivity index (χ2v) is 3.40. The molecule has 1 amide bonds. The SMILES string of the molecule is C[C@H](O)CNC(=O)C1COCC1N. The van der Waals surface area contributed by atoms with Crippen LogP contribution in [0.1, 0.15) is 6.92 Å². The molecule has 13 heavy (non-hydrogen) atoms. The lowest BCUT2D eigenvalue weighted by Crippen LogP contribution is -2.42. The quantitative estimate of drug-likeness (QED) is 0.501. The van der Waals surface area contributed by atoms with E-state index in [0.29, 0.717) is 13.2 Å². The van der Waals surface area contributed by atoms with Crippen molar-refractivity contribution < 1.29 is 14.6 Å². The lowest BCUT2D eigenvalue weighted by molar-refractivity contribution is -0.125. The molecule has 76 valence electrons. The smallest absolute Gasteiger partial charge is 0.227 e. The first-order chi connectivity index (χ1) is 6.11. The number of nitrogens with two attached hydrogens (primary N) is 1. The van der Waals surface area contributed by atoms with E-state index in [9.17, 15) is 4.79 Å². The Kier molecular flexibility index (Phi) is 3.65. The molecule has 1 heterocycles. The normalized spacial score (nSPS) is 30.1. The van der Waals surface area contributed by atoms with Crippen molar-refractivity contribution in [2.24, 2.45) is 11.7 Å². The first-order valence-corrected chi connectivity index (χ1v) is 4.40. The van der Waals surface area contributed by atoms with E-state index in [1.807, 2.05) is 0 Å². The molecule has 0 aromatic rings. The highest BCUT2D eigenvalue weighted by Crippen LogP contribution is 2.11. The highest BCUT2D eigenvalue weighted by atomic mass is 16.5.